The molecular formula is C13H15IN2O2. The molecule has 0 atom stereocenters. The summed E-state index contributed by atoms with van der Waals surface area (Å²) in [6.45, 7) is 2.00. The first-order chi connectivity index (χ1) is 8.13. The van der Waals surface area contributed by atoms with Crippen molar-refractivity contribution in [2.75, 3.05) is 7.05 Å². The molecule has 0 saturated heterocycles. The summed E-state index contributed by atoms with van der Waals surface area (Å²) in [7, 11) is 3.36. The van der Waals surface area contributed by atoms with E-state index in [1.54, 1.807) is 6.07 Å². The number of para-hydroxylation sites is 1. The summed E-state index contributed by atoms with van der Waals surface area (Å²) in [6, 6.07) is 9.64. The van der Waals surface area contributed by atoms with E-state index in [1.807, 2.05) is 42.8 Å². The number of hydrogen-bond acceptors (Lipinski definition) is 3. The fourth-order valence-corrected chi connectivity index (χ4v) is 1.75. The lowest BCUT2D eigenvalue weighted by atomic mass is 10.2. The Morgan fingerprint density at radius 3 is 2.67 bits per heavy atom. The molecule has 0 spiro atoms. The summed E-state index contributed by atoms with van der Waals surface area (Å²) in [6.07, 6.45) is -0.584. The number of pyridine rings is 1. The van der Waals surface area contributed by atoms with E-state index in [0.29, 0.717) is 5.75 Å². The highest BCUT2D eigenvalue weighted by Crippen LogP contribution is 2.22. The Hall–Kier alpha value is -1.37. The number of halogens is 1. The van der Waals surface area contributed by atoms with E-state index in [9.17, 15) is 5.11 Å². The summed E-state index contributed by atoms with van der Waals surface area (Å²) in [5, 5.41) is 12.3. The smallest absolute Gasteiger partial charge is 0.226 e. The summed E-state index contributed by atoms with van der Waals surface area (Å²) in [5.74, 6) is 0.532. The first-order valence-electron chi connectivity index (χ1n) is 5.33. The number of aryl methyl sites for hydroxylation is 2. The maximum absolute atomic E-state index is 11.2. The van der Waals surface area contributed by atoms with Gasteiger partial charge in [0.2, 0.25) is 5.52 Å². The van der Waals surface area contributed by atoms with E-state index in [0.717, 1.165) is 16.6 Å². The Bertz CT molecular complexity index is 597. The predicted molar refractivity (Wildman–Crippen MR) is 79.3 cm³/mol. The fraction of sp³-hybridized carbons (Fsp3) is 0.231. The van der Waals surface area contributed by atoms with Crippen LogP contribution in [0.2, 0.25) is 0 Å². The highest BCUT2D eigenvalue weighted by molar-refractivity contribution is 14.0. The van der Waals surface area contributed by atoms with Crippen LogP contribution in [0.1, 0.15) is 5.69 Å². The van der Waals surface area contributed by atoms with Gasteiger partial charge in [-0.15, -0.1) is 24.0 Å². The maximum atomic E-state index is 11.2. The van der Waals surface area contributed by atoms with Crippen LogP contribution in [0, 0.1) is 6.92 Å². The minimum absolute atomic E-state index is 0. The zero-order valence-electron chi connectivity index (χ0n) is 10.5. The molecule has 2 aromatic rings. The zero-order valence-corrected chi connectivity index (χ0v) is 12.8. The average Bonchev–Trinajstić information content (AvgIpc) is 2.34. The molecular weight excluding hydrogens is 343 g/mol. The molecule has 1 heterocycles. The van der Waals surface area contributed by atoms with Crippen molar-refractivity contribution in [1.29, 1.82) is 0 Å². The lowest BCUT2D eigenvalue weighted by Gasteiger charge is -2.14. The van der Waals surface area contributed by atoms with Crippen LogP contribution in [-0.4, -0.2) is 13.1 Å². The lowest BCUT2D eigenvalue weighted by Crippen LogP contribution is -2.34. The molecule has 1 aromatic heterocycles. The lowest BCUT2D eigenvalue weighted by molar-refractivity contribution is -0.651. The molecule has 1 aromatic carbocycles. The molecule has 0 fully saturated rings. The van der Waals surface area contributed by atoms with Crippen LogP contribution in [-0.2, 0) is 7.05 Å². The van der Waals surface area contributed by atoms with Gasteiger partial charge >= 0.3 is 0 Å². The van der Waals surface area contributed by atoms with Gasteiger partial charge in [-0.05, 0) is 18.2 Å². The average molecular weight is 358 g/mol. The SMILES string of the molecule is CN=C([O-])Oc1cccc2ccc(C)[n+](C)c12.I. The topological polar surface area (TPSA) is 48.5 Å². The van der Waals surface area contributed by atoms with Crippen molar-refractivity contribution in [3.05, 3.63) is 36.0 Å². The van der Waals surface area contributed by atoms with Gasteiger partial charge in [-0.2, -0.15) is 4.57 Å². The van der Waals surface area contributed by atoms with Gasteiger partial charge in [-0.3, -0.25) is 4.99 Å². The second-order valence-electron chi connectivity index (χ2n) is 3.82. The Balaban J connectivity index is 0.00000162. The second kappa shape index (κ2) is 5.99. The van der Waals surface area contributed by atoms with Gasteiger partial charge in [0.15, 0.2) is 5.69 Å². The minimum atomic E-state index is -0.584. The van der Waals surface area contributed by atoms with Crippen molar-refractivity contribution < 1.29 is 14.4 Å². The van der Waals surface area contributed by atoms with Crippen LogP contribution in [0.3, 0.4) is 0 Å². The second-order valence-corrected chi connectivity index (χ2v) is 3.82. The van der Waals surface area contributed by atoms with Crippen LogP contribution in [0.25, 0.3) is 10.9 Å². The predicted octanol–water partition coefficient (Wildman–Crippen LogP) is 1.32. The molecule has 5 heteroatoms. The van der Waals surface area contributed by atoms with E-state index in [1.165, 1.54) is 7.05 Å². The number of nitrogens with zero attached hydrogens (tertiary/aromatic N) is 2. The Labute approximate surface area is 123 Å². The number of rotatable bonds is 1. The van der Waals surface area contributed by atoms with Crippen molar-refractivity contribution >= 4 is 41.0 Å². The first kappa shape index (κ1) is 14.7. The quantitative estimate of drug-likeness (QED) is 0.334. The summed E-state index contributed by atoms with van der Waals surface area (Å²) < 4.78 is 7.18. The van der Waals surface area contributed by atoms with Crippen molar-refractivity contribution in [2.45, 2.75) is 6.92 Å². The van der Waals surface area contributed by atoms with Crippen molar-refractivity contribution in [1.82, 2.24) is 0 Å². The maximum Gasteiger partial charge on any atom is 0.226 e. The van der Waals surface area contributed by atoms with E-state index >= 15 is 0 Å². The van der Waals surface area contributed by atoms with Crippen LogP contribution in [0.4, 0.5) is 0 Å². The molecule has 0 radical (unpaired) electrons. The van der Waals surface area contributed by atoms with E-state index in [4.69, 9.17) is 4.74 Å². The Morgan fingerprint density at radius 1 is 1.28 bits per heavy atom. The molecule has 0 saturated carbocycles. The van der Waals surface area contributed by atoms with E-state index < -0.39 is 6.08 Å². The third-order valence-corrected chi connectivity index (χ3v) is 2.78. The number of hydrogen-bond donors (Lipinski definition) is 0. The van der Waals surface area contributed by atoms with Gasteiger partial charge in [0.05, 0.1) is 5.75 Å². The summed E-state index contributed by atoms with van der Waals surface area (Å²) in [5.41, 5.74) is 1.99. The number of aromatic nitrogens is 1. The van der Waals surface area contributed by atoms with Crippen LogP contribution >= 0.6 is 24.0 Å². The van der Waals surface area contributed by atoms with E-state index in [-0.39, 0.29) is 24.0 Å². The molecule has 0 aliphatic carbocycles. The van der Waals surface area contributed by atoms with E-state index in [2.05, 4.69) is 4.99 Å². The molecule has 96 valence electrons. The molecule has 0 aliphatic rings. The molecule has 0 unspecified atom stereocenters. The molecule has 2 rings (SSSR count). The molecule has 0 aliphatic heterocycles. The van der Waals surface area contributed by atoms with Crippen molar-refractivity contribution in [2.24, 2.45) is 12.0 Å². The monoisotopic (exact) mass is 358 g/mol. The highest BCUT2D eigenvalue weighted by Gasteiger charge is 2.11. The molecule has 4 nitrogen and oxygen atoms in total. The molecule has 0 bridgehead atoms. The van der Waals surface area contributed by atoms with Gasteiger partial charge in [-0.25, -0.2) is 0 Å². The van der Waals surface area contributed by atoms with Gasteiger partial charge in [0, 0.05) is 25.4 Å². The van der Waals surface area contributed by atoms with Crippen LogP contribution < -0.4 is 14.4 Å². The summed E-state index contributed by atoms with van der Waals surface area (Å²) in [4.78, 5) is 3.47. The third-order valence-electron chi connectivity index (χ3n) is 2.78. The standard InChI is InChI=1S/C13H14N2O2.HI/c1-9-7-8-10-5-4-6-11(12(10)15(9)3)17-13(16)14-2;/h4-8H,1-3H3;1H. The number of benzene rings is 1. The van der Waals surface area contributed by atoms with Gasteiger partial charge < -0.3 is 9.84 Å². The fourth-order valence-electron chi connectivity index (χ4n) is 1.75. The largest absolute Gasteiger partial charge is 0.560 e. The number of ether oxygens (including phenoxy) is 1. The summed E-state index contributed by atoms with van der Waals surface area (Å²) >= 11 is 0. The molecule has 18 heavy (non-hydrogen) atoms. The molecule has 0 amide bonds. The van der Waals surface area contributed by atoms with Gasteiger partial charge in [0.25, 0.3) is 0 Å². The van der Waals surface area contributed by atoms with Crippen molar-refractivity contribution in [3.8, 4) is 5.75 Å². The Morgan fingerprint density at radius 2 is 2.00 bits per heavy atom. The highest BCUT2D eigenvalue weighted by atomic mass is 127. The first-order valence-corrected chi connectivity index (χ1v) is 5.33. The van der Waals surface area contributed by atoms with Gasteiger partial charge in [0.1, 0.15) is 13.1 Å². The number of fused-ring (bicyclic) bond motifs is 1. The zero-order chi connectivity index (χ0) is 12.4. The Kier molecular flexibility index (Phi) is 4.89. The third kappa shape index (κ3) is 2.72. The van der Waals surface area contributed by atoms with Gasteiger partial charge in [-0.1, -0.05) is 6.07 Å². The normalized spacial score (nSPS) is 11.2. The molecule has 0 N–H and O–H groups in total. The number of aliphatic imine (C=N–C) groups is 1. The van der Waals surface area contributed by atoms with Crippen LogP contribution in [0.15, 0.2) is 35.3 Å². The van der Waals surface area contributed by atoms with Crippen molar-refractivity contribution in [3.63, 3.8) is 0 Å². The minimum Gasteiger partial charge on any atom is -0.560 e. The van der Waals surface area contributed by atoms with Crippen LogP contribution in [0.5, 0.6) is 5.75 Å².